The number of hydrogen-bond donors (Lipinski definition) is 1. The number of nitrogens with zero attached hydrogens (tertiary/aromatic N) is 3. The van der Waals surface area contributed by atoms with Gasteiger partial charge in [0, 0.05) is 25.9 Å². The van der Waals surface area contributed by atoms with E-state index in [4.69, 9.17) is 9.47 Å². The Morgan fingerprint density at radius 1 is 0.935 bits per heavy atom. The first-order chi connectivity index (χ1) is 21.8. The Morgan fingerprint density at radius 2 is 1.59 bits per heavy atom. The molecule has 5 rings (SSSR count). The molecule has 0 saturated carbocycles. The maximum absolute atomic E-state index is 14.0. The third-order valence-corrected chi connectivity index (χ3v) is 9.36. The quantitative estimate of drug-likeness (QED) is 0.228. The van der Waals surface area contributed by atoms with E-state index in [9.17, 15) is 28.4 Å². The van der Waals surface area contributed by atoms with E-state index in [1.807, 2.05) is 45.0 Å². The number of carboxylic acid groups (broad SMARTS) is 1. The molecule has 0 aromatic heterocycles. The summed E-state index contributed by atoms with van der Waals surface area (Å²) >= 11 is 0. The molecule has 46 heavy (non-hydrogen) atoms. The molecular weight excluding hydrogens is 606 g/mol. The van der Waals surface area contributed by atoms with E-state index < -0.39 is 21.6 Å². The molecule has 1 fully saturated rings. The molecule has 10 nitrogen and oxygen atoms in total. The highest BCUT2D eigenvalue weighted by Crippen LogP contribution is 2.30. The smallest absolute Gasteiger partial charge is 0.410 e. The largest absolute Gasteiger partial charge is 0.490 e. The SMILES string of the molecule is CC(C)(C)OC(=O)N1CCC(Oc2ccc(N(Cc3ccc4ccc(C#N)cc4c3)S(=O)(=O)c3ccc(C(=O)O)cc3)cc2)CC1. The van der Waals surface area contributed by atoms with Gasteiger partial charge < -0.3 is 19.5 Å². The van der Waals surface area contributed by atoms with Gasteiger partial charge in [0.05, 0.1) is 34.3 Å². The van der Waals surface area contributed by atoms with Crippen LogP contribution in [-0.4, -0.2) is 55.3 Å². The highest BCUT2D eigenvalue weighted by Gasteiger charge is 2.29. The van der Waals surface area contributed by atoms with Gasteiger partial charge in [0.1, 0.15) is 17.5 Å². The number of carboxylic acids is 1. The Morgan fingerprint density at radius 3 is 2.20 bits per heavy atom. The minimum Gasteiger partial charge on any atom is -0.490 e. The molecular formula is C35H35N3O7S. The summed E-state index contributed by atoms with van der Waals surface area (Å²) in [6.45, 7) is 6.49. The Kier molecular flexibility index (Phi) is 9.21. The van der Waals surface area contributed by atoms with Crippen LogP contribution in [0.4, 0.5) is 10.5 Å². The van der Waals surface area contributed by atoms with E-state index in [1.165, 1.54) is 28.6 Å². The highest BCUT2D eigenvalue weighted by atomic mass is 32.2. The van der Waals surface area contributed by atoms with Crippen LogP contribution in [0.3, 0.4) is 0 Å². The van der Waals surface area contributed by atoms with Gasteiger partial charge in [0.2, 0.25) is 0 Å². The monoisotopic (exact) mass is 641 g/mol. The second kappa shape index (κ2) is 13.1. The Bertz CT molecular complexity index is 1890. The topological polar surface area (TPSA) is 137 Å². The molecule has 11 heteroatoms. The van der Waals surface area contributed by atoms with Crippen molar-refractivity contribution in [3.8, 4) is 11.8 Å². The molecule has 1 N–H and O–H groups in total. The van der Waals surface area contributed by atoms with Crippen LogP contribution >= 0.6 is 0 Å². The van der Waals surface area contributed by atoms with Crippen molar-refractivity contribution >= 4 is 38.5 Å². The first-order valence-corrected chi connectivity index (χ1v) is 16.3. The molecule has 0 radical (unpaired) electrons. The average Bonchev–Trinajstić information content (AvgIpc) is 3.03. The van der Waals surface area contributed by atoms with Gasteiger partial charge in [0.25, 0.3) is 10.0 Å². The number of likely N-dealkylation sites (tertiary alicyclic amines) is 1. The van der Waals surface area contributed by atoms with E-state index in [-0.39, 0.29) is 29.2 Å². The molecule has 4 aromatic carbocycles. The third-order valence-electron chi connectivity index (χ3n) is 7.57. The van der Waals surface area contributed by atoms with E-state index in [0.29, 0.717) is 48.5 Å². The van der Waals surface area contributed by atoms with Crippen LogP contribution in [0.1, 0.15) is 55.1 Å². The minimum absolute atomic E-state index is 0.0148. The summed E-state index contributed by atoms with van der Waals surface area (Å²) in [7, 11) is -4.13. The average molecular weight is 642 g/mol. The van der Waals surface area contributed by atoms with Crippen molar-refractivity contribution in [2.45, 2.75) is 56.8 Å². The second-order valence-electron chi connectivity index (χ2n) is 12.1. The number of carbonyl (C=O) groups excluding carboxylic acids is 1. The van der Waals surface area contributed by atoms with Gasteiger partial charge in [-0.3, -0.25) is 4.31 Å². The van der Waals surface area contributed by atoms with E-state index >= 15 is 0 Å². The summed E-state index contributed by atoms with van der Waals surface area (Å²) in [5.41, 5.74) is 1.00. The molecule has 0 aliphatic carbocycles. The normalized spacial score (nSPS) is 14.0. The molecule has 4 aromatic rings. The van der Waals surface area contributed by atoms with Gasteiger partial charge in [-0.2, -0.15) is 5.26 Å². The number of carbonyl (C=O) groups is 2. The number of piperidine rings is 1. The molecule has 1 aliphatic heterocycles. The van der Waals surface area contributed by atoms with Gasteiger partial charge in [-0.1, -0.05) is 18.2 Å². The lowest BCUT2D eigenvalue weighted by Gasteiger charge is -2.33. The van der Waals surface area contributed by atoms with Crippen molar-refractivity contribution in [3.05, 3.63) is 102 Å². The highest BCUT2D eigenvalue weighted by molar-refractivity contribution is 7.92. The summed E-state index contributed by atoms with van der Waals surface area (Å²) in [6.07, 6.45) is 0.797. The van der Waals surface area contributed by atoms with Gasteiger partial charge >= 0.3 is 12.1 Å². The maximum Gasteiger partial charge on any atom is 0.410 e. The van der Waals surface area contributed by atoms with Crippen molar-refractivity contribution in [2.75, 3.05) is 17.4 Å². The van der Waals surface area contributed by atoms with Crippen LogP contribution in [-0.2, 0) is 21.3 Å². The predicted molar refractivity (Wildman–Crippen MR) is 173 cm³/mol. The molecule has 238 valence electrons. The van der Waals surface area contributed by atoms with E-state index in [1.54, 1.807) is 41.3 Å². The standard InChI is InChI=1S/C35H35N3O7S/c1-35(2,3)45-34(41)37-18-16-31(17-19-37)44-30-12-10-29(11-13-30)38(46(42,43)32-14-8-27(9-15-32)33(39)40)23-25-5-7-26-6-4-24(22-36)20-28(26)21-25/h4-15,20-21,31H,16-19,23H2,1-3H3,(H,39,40). The summed E-state index contributed by atoms with van der Waals surface area (Å²) < 4.78 is 41.0. The molecule has 1 amide bonds. The van der Waals surface area contributed by atoms with Gasteiger partial charge in [-0.25, -0.2) is 18.0 Å². The van der Waals surface area contributed by atoms with Crippen LogP contribution < -0.4 is 9.04 Å². The van der Waals surface area contributed by atoms with Crippen molar-refractivity contribution in [1.29, 1.82) is 5.26 Å². The summed E-state index contributed by atoms with van der Waals surface area (Å²) in [6, 6.07) is 24.9. The summed E-state index contributed by atoms with van der Waals surface area (Å²) in [4.78, 5) is 25.4. The third kappa shape index (κ3) is 7.58. The lowest BCUT2D eigenvalue weighted by molar-refractivity contribution is 0.0126. The number of ether oxygens (including phenoxy) is 2. The van der Waals surface area contributed by atoms with Gasteiger partial charge in [-0.15, -0.1) is 0 Å². The Balaban J connectivity index is 1.38. The molecule has 0 spiro atoms. The zero-order valence-corrected chi connectivity index (χ0v) is 26.7. The summed E-state index contributed by atoms with van der Waals surface area (Å²) in [5.74, 6) is -0.586. The van der Waals surface area contributed by atoms with Crippen molar-refractivity contribution < 1.29 is 32.6 Å². The number of anilines is 1. The number of fused-ring (bicyclic) bond motifs is 1. The van der Waals surface area contributed by atoms with Gasteiger partial charge in [0.15, 0.2) is 0 Å². The molecule has 1 heterocycles. The van der Waals surface area contributed by atoms with Crippen LogP contribution in [0.15, 0.2) is 89.8 Å². The Labute approximate surface area is 268 Å². The van der Waals surface area contributed by atoms with Crippen LogP contribution in [0.25, 0.3) is 10.8 Å². The fourth-order valence-electron chi connectivity index (χ4n) is 5.21. The van der Waals surface area contributed by atoms with E-state index in [2.05, 4.69) is 6.07 Å². The van der Waals surface area contributed by atoms with Crippen LogP contribution in [0.2, 0.25) is 0 Å². The first-order valence-electron chi connectivity index (χ1n) is 14.9. The zero-order chi connectivity index (χ0) is 33.1. The Hall–Kier alpha value is -5.08. The molecule has 1 aliphatic rings. The number of benzene rings is 4. The second-order valence-corrected chi connectivity index (χ2v) is 14.0. The number of aromatic carboxylic acids is 1. The zero-order valence-electron chi connectivity index (χ0n) is 25.8. The summed E-state index contributed by atoms with van der Waals surface area (Å²) in [5, 5.41) is 20.4. The molecule has 0 unspecified atom stereocenters. The fourth-order valence-corrected chi connectivity index (χ4v) is 6.66. The number of amides is 1. The van der Waals surface area contributed by atoms with Gasteiger partial charge in [-0.05, 0) is 104 Å². The predicted octanol–water partition coefficient (Wildman–Crippen LogP) is 6.58. The number of sulfonamides is 1. The number of rotatable bonds is 8. The number of hydrogen-bond acceptors (Lipinski definition) is 7. The van der Waals surface area contributed by atoms with E-state index in [0.717, 1.165) is 10.8 Å². The fraction of sp³-hybridized carbons (Fsp3) is 0.286. The first kappa shape index (κ1) is 32.3. The van der Waals surface area contributed by atoms with Crippen LogP contribution in [0.5, 0.6) is 5.75 Å². The minimum atomic E-state index is -4.13. The van der Waals surface area contributed by atoms with Crippen molar-refractivity contribution in [1.82, 2.24) is 4.90 Å². The molecule has 0 atom stereocenters. The molecule has 0 bridgehead atoms. The van der Waals surface area contributed by atoms with Crippen molar-refractivity contribution in [2.24, 2.45) is 0 Å². The lowest BCUT2D eigenvalue weighted by atomic mass is 10.0. The van der Waals surface area contributed by atoms with Crippen LogP contribution in [0, 0.1) is 11.3 Å². The lowest BCUT2D eigenvalue weighted by Crippen LogP contribution is -2.44. The maximum atomic E-state index is 14.0. The number of nitriles is 1. The molecule has 1 saturated heterocycles. The van der Waals surface area contributed by atoms with Crippen molar-refractivity contribution in [3.63, 3.8) is 0 Å².